The quantitative estimate of drug-likeness (QED) is 0.569. The minimum atomic E-state index is -1.36. The smallest absolute Gasteiger partial charge is 0.318 e. The lowest BCUT2D eigenvalue weighted by Crippen LogP contribution is -2.33. The first-order valence-electron chi connectivity index (χ1n) is 9.72. The molecule has 0 aliphatic heterocycles. The van der Waals surface area contributed by atoms with E-state index in [0.717, 1.165) is 49.7 Å². The molecule has 0 heterocycles. The van der Waals surface area contributed by atoms with Crippen LogP contribution in [0.5, 0.6) is 11.5 Å². The van der Waals surface area contributed by atoms with Gasteiger partial charge in [0.15, 0.2) is 0 Å². The van der Waals surface area contributed by atoms with Crippen LogP contribution in [0, 0.1) is 0 Å². The molecule has 27 heavy (non-hydrogen) atoms. The van der Waals surface area contributed by atoms with Crippen molar-refractivity contribution in [3.05, 3.63) is 58.7 Å². The summed E-state index contributed by atoms with van der Waals surface area (Å²) in [7, 11) is 0. The van der Waals surface area contributed by atoms with E-state index < -0.39 is 11.4 Å². The normalized spacial score (nSPS) is 11.5. The zero-order chi connectivity index (χ0) is 20.0. The van der Waals surface area contributed by atoms with Crippen LogP contribution in [0.4, 0.5) is 0 Å². The summed E-state index contributed by atoms with van der Waals surface area (Å²) in [5.41, 5.74) is 1.28. The lowest BCUT2D eigenvalue weighted by molar-refractivity contribution is -0.141. The minimum absolute atomic E-state index is 0.122. The first-order valence-corrected chi connectivity index (χ1v) is 9.72. The molecule has 0 unspecified atom stereocenters. The van der Waals surface area contributed by atoms with Gasteiger partial charge in [-0.2, -0.15) is 0 Å². The van der Waals surface area contributed by atoms with Crippen LogP contribution >= 0.6 is 0 Å². The summed E-state index contributed by atoms with van der Waals surface area (Å²) in [6, 6.07) is 10.2. The number of carbonyl (C=O) groups is 1. The number of hydrogen-bond acceptors (Lipinski definition) is 3. The number of carboxylic acid groups (broad SMARTS) is 1. The van der Waals surface area contributed by atoms with Gasteiger partial charge in [0.1, 0.15) is 16.9 Å². The standard InChI is InChI=1S/C23H30O4/c1-4-6-8-16-10-12-18(14-20(16)24)23(3,22(26)27)19-13-11-17(9-7-5-2)21(25)15-19/h10-15,24-25H,4-9H2,1-3H3,(H,26,27). The van der Waals surface area contributed by atoms with Crippen LogP contribution in [0.1, 0.15) is 68.7 Å². The molecule has 0 bridgehead atoms. The van der Waals surface area contributed by atoms with Crippen molar-refractivity contribution in [1.82, 2.24) is 0 Å². The van der Waals surface area contributed by atoms with Crippen molar-refractivity contribution in [2.24, 2.45) is 0 Å². The molecule has 0 radical (unpaired) electrons. The second-order valence-corrected chi connectivity index (χ2v) is 7.32. The van der Waals surface area contributed by atoms with Gasteiger partial charge in [0.25, 0.3) is 0 Å². The Labute approximate surface area is 161 Å². The number of carboxylic acids is 1. The molecule has 4 heteroatoms. The molecule has 0 aliphatic rings. The highest BCUT2D eigenvalue weighted by molar-refractivity contribution is 5.86. The van der Waals surface area contributed by atoms with Gasteiger partial charge in [-0.15, -0.1) is 0 Å². The zero-order valence-corrected chi connectivity index (χ0v) is 16.5. The Hall–Kier alpha value is -2.49. The topological polar surface area (TPSA) is 77.8 Å². The van der Waals surface area contributed by atoms with Crippen LogP contribution in [0.3, 0.4) is 0 Å². The van der Waals surface area contributed by atoms with Crippen molar-refractivity contribution >= 4 is 5.97 Å². The fourth-order valence-corrected chi connectivity index (χ4v) is 3.32. The highest BCUT2D eigenvalue weighted by atomic mass is 16.4. The van der Waals surface area contributed by atoms with E-state index in [1.54, 1.807) is 43.3 Å². The van der Waals surface area contributed by atoms with Crippen LogP contribution in [-0.4, -0.2) is 21.3 Å². The molecular weight excluding hydrogens is 340 g/mol. The number of phenols is 2. The molecule has 3 N–H and O–H groups in total. The maximum atomic E-state index is 12.2. The predicted molar refractivity (Wildman–Crippen MR) is 108 cm³/mol. The van der Waals surface area contributed by atoms with E-state index in [-0.39, 0.29) is 11.5 Å². The number of unbranched alkanes of at least 4 members (excludes halogenated alkanes) is 2. The lowest BCUT2D eigenvalue weighted by atomic mass is 9.75. The van der Waals surface area contributed by atoms with Crippen molar-refractivity contribution in [2.45, 2.75) is 64.7 Å². The van der Waals surface area contributed by atoms with E-state index in [0.29, 0.717) is 11.1 Å². The van der Waals surface area contributed by atoms with E-state index in [1.165, 1.54) is 0 Å². The Morgan fingerprint density at radius 2 is 1.26 bits per heavy atom. The Morgan fingerprint density at radius 3 is 1.56 bits per heavy atom. The molecule has 0 aliphatic carbocycles. The van der Waals surface area contributed by atoms with Gasteiger partial charge in [-0.3, -0.25) is 4.79 Å². The minimum Gasteiger partial charge on any atom is -0.508 e. The number of rotatable bonds is 9. The lowest BCUT2D eigenvalue weighted by Gasteiger charge is -2.27. The van der Waals surface area contributed by atoms with Crippen LogP contribution in [0.2, 0.25) is 0 Å². The Bertz CT molecular complexity index is 737. The fourth-order valence-electron chi connectivity index (χ4n) is 3.32. The molecule has 0 aromatic heterocycles. The summed E-state index contributed by atoms with van der Waals surface area (Å²) in [6.07, 6.45) is 5.51. The van der Waals surface area contributed by atoms with E-state index in [9.17, 15) is 20.1 Å². The van der Waals surface area contributed by atoms with Crippen LogP contribution in [0.15, 0.2) is 36.4 Å². The largest absolute Gasteiger partial charge is 0.508 e. The average molecular weight is 370 g/mol. The van der Waals surface area contributed by atoms with Crippen LogP contribution < -0.4 is 0 Å². The molecule has 0 saturated carbocycles. The van der Waals surface area contributed by atoms with Gasteiger partial charge < -0.3 is 15.3 Å². The monoisotopic (exact) mass is 370 g/mol. The highest BCUT2D eigenvalue weighted by Gasteiger charge is 2.38. The van der Waals surface area contributed by atoms with Crippen LogP contribution in [-0.2, 0) is 23.1 Å². The molecule has 0 atom stereocenters. The number of hydrogen-bond donors (Lipinski definition) is 3. The van der Waals surface area contributed by atoms with Crippen molar-refractivity contribution < 1.29 is 20.1 Å². The molecule has 0 spiro atoms. The molecular formula is C23H30O4. The molecule has 0 amide bonds. The molecule has 2 aromatic rings. The third kappa shape index (κ3) is 4.44. The molecule has 2 aromatic carbocycles. The maximum absolute atomic E-state index is 12.2. The molecule has 0 saturated heterocycles. The number of aliphatic carboxylic acids is 1. The van der Waals surface area contributed by atoms with Gasteiger partial charge in [-0.05, 0) is 67.0 Å². The number of benzene rings is 2. The average Bonchev–Trinajstić information content (AvgIpc) is 2.65. The van der Waals surface area contributed by atoms with Crippen molar-refractivity contribution in [2.75, 3.05) is 0 Å². The van der Waals surface area contributed by atoms with Gasteiger partial charge in [0.05, 0.1) is 0 Å². The van der Waals surface area contributed by atoms with Crippen molar-refractivity contribution in [3.63, 3.8) is 0 Å². The van der Waals surface area contributed by atoms with Crippen molar-refractivity contribution in [1.29, 1.82) is 0 Å². The van der Waals surface area contributed by atoms with Crippen LogP contribution in [0.25, 0.3) is 0 Å². The number of phenolic OH excluding ortho intramolecular Hbond substituents is 2. The summed E-state index contributed by atoms with van der Waals surface area (Å²) in [4.78, 5) is 12.2. The van der Waals surface area contributed by atoms with Gasteiger partial charge in [-0.1, -0.05) is 51.0 Å². The fraction of sp³-hybridized carbons (Fsp3) is 0.435. The third-order valence-corrected chi connectivity index (χ3v) is 5.35. The van der Waals surface area contributed by atoms with E-state index >= 15 is 0 Å². The molecule has 2 rings (SSSR count). The summed E-state index contributed by atoms with van der Waals surface area (Å²) in [5.74, 6) is -0.779. The predicted octanol–water partition coefficient (Wildman–Crippen LogP) is 5.17. The van der Waals surface area contributed by atoms with Gasteiger partial charge in [-0.25, -0.2) is 0 Å². The van der Waals surface area contributed by atoms with Gasteiger partial charge >= 0.3 is 5.97 Å². The second-order valence-electron chi connectivity index (χ2n) is 7.32. The Kier molecular flexibility index (Phi) is 6.89. The highest BCUT2D eigenvalue weighted by Crippen LogP contribution is 2.37. The summed E-state index contributed by atoms with van der Waals surface area (Å²) >= 11 is 0. The first-order chi connectivity index (χ1) is 12.8. The Morgan fingerprint density at radius 1 is 0.852 bits per heavy atom. The summed E-state index contributed by atoms with van der Waals surface area (Å²) in [6.45, 7) is 5.78. The molecule has 4 nitrogen and oxygen atoms in total. The van der Waals surface area contributed by atoms with Gasteiger partial charge in [0.2, 0.25) is 0 Å². The number of aromatic hydroxyl groups is 2. The van der Waals surface area contributed by atoms with Crippen molar-refractivity contribution in [3.8, 4) is 11.5 Å². The van der Waals surface area contributed by atoms with E-state index in [4.69, 9.17) is 0 Å². The molecule has 0 fully saturated rings. The SMILES string of the molecule is CCCCc1ccc(C(C)(C(=O)O)c2ccc(CCCC)c(O)c2)cc1O. The van der Waals surface area contributed by atoms with Gasteiger partial charge in [0, 0.05) is 0 Å². The van der Waals surface area contributed by atoms with E-state index in [1.807, 2.05) is 0 Å². The number of aryl methyl sites for hydroxylation is 2. The second kappa shape index (κ2) is 8.94. The summed E-state index contributed by atoms with van der Waals surface area (Å²) < 4.78 is 0. The zero-order valence-electron chi connectivity index (χ0n) is 16.5. The third-order valence-electron chi connectivity index (χ3n) is 5.35. The summed E-state index contributed by atoms with van der Waals surface area (Å²) in [5, 5.41) is 30.7. The molecule has 146 valence electrons. The first kappa shape index (κ1) is 20.8. The van der Waals surface area contributed by atoms with E-state index in [2.05, 4.69) is 13.8 Å². The Balaban J connectivity index is 2.44. The maximum Gasteiger partial charge on any atom is 0.318 e.